The third-order valence-corrected chi connectivity index (χ3v) is 3.71. The number of fused-ring (bicyclic) bond motifs is 1. The fraction of sp³-hybridized carbons (Fsp3) is 0.176. The average Bonchev–Trinajstić information content (AvgIpc) is 2.53. The summed E-state index contributed by atoms with van der Waals surface area (Å²) in [5.74, 6) is 0. The lowest BCUT2D eigenvalue weighted by Gasteiger charge is -2.17. The van der Waals surface area contributed by atoms with Gasteiger partial charge in [-0.3, -0.25) is 9.97 Å². The van der Waals surface area contributed by atoms with Crippen molar-refractivity contribution >= 4 is 10.8 Å². The molecule has 0 radical (unpaired) electrons. The van der Waals surface area contributed by atoms with Crippen LogP contribution in [0.3, 0.4) is 0 Å². The highest BCUT2D eigenvalue weighted by molar-refractivity contribution is 5.85. The summed E-state index contributed by atoms with van der Waals surface area (Å²) in [6, 6.07) is 10.1. The van der Waals surface area contributed by atoms with Crippen molar-refractivity contribution < 1.29 is 0 Å². The van der Waals surface area contributed by atoms with Crippen molar-refractivity contribution in [2.24, 2.45) is 5.73 Å². The molecule has 2 aromatic heterocycles. The van der Waals surface area contributed by atoms with Gasteiger partial charge in [-0.15, -0.1) is 0 Å². The highest BCUT2D eigenvalue weighted by atomic mass is 14.7. The normalized spacial score (nSPS) is 12.5. The molecule has 1 aromatic carbocycles. The summed E-state index contributed by atoms with van der Waals surface area (Å²) in [7, 11) is 0. The van der Waals surface area contributed by atoms with Crippen LogP contribution in [-0.2, 0) is 6.42 Å². The number of nitrogens with two attached hydrogens (primary N) is 1. The minimum Gasteiger partial charge on any atom is -0.320 e. The Morgan fingerprint density at radius 2 is 1.80 bits per heavy atom. The lowest BCUT2D eigenvalue weighted by Crippen LogP contribution is -2.14. The zero-order chi connectivity index (χ0) is 13.9. The highest BCUT2D eigenvalue weighted by Gasteiger charge is 2.14. The van der Waals surface area contributed by atoms with Crippen LogP contribution in [0.15, 0.2) is 55.1 Å². The van der Waals surface area contributed by atoms with Gasteiger partial charge in [0.15, 0.2) is 0 Å². The second kappa shape index (κ2) is 5.39. The largest absolute Gasteiger partial charge is 0.320 e. The maximum atomic E-state index is 6.50. The zero-order valence-corrected chi connectivity index (χ0v) is 11.5. The summed E-state index contributed by atoms with van der Waals surface area (Å²) >= 11 is 0. The zero-order valence-electron chi connectivity index (χ0n) is 11.5. The van der Waals surface area contributed by atoms with Gasteiger partial charge < -0.3 is 5.73 Å². The molecule has 0 aliphatic carbocycles. The molecular weight excluding hydrogens is 246 g/mol. The smallest absolute Gasteiger partial charge is 0.0562 e. The summed E-state index contributed by atoms with van der Waals surface area (Å²) in [6.45, 7) is 2.12. The van der Waals surface area contributed by atoms with Crippen molar-refractivity contribution in [1.82, 2.24) is 9.97 Å². The summed E-state index contributed by atoms with van der Waals surface area (Å²) in [4.78, 5) is 8.41. The molecule has 3 rings (SSSR count). The van der Waals surface area contributed by atoms with Crippen molar-refractivity contribution in [3.8, 4) is 0 Å². The number of aromatic nitrogens is 2. The van der Waals surface area contributed by atoms with Crippen molar-refractivity contribution in [2.75, 3.05) is 0 Å². The predicted molar refractivity (Wildman–Crippen MR) is 81.4 cm³/mol. The van der Waals surface area contributed by atoms with Crippen LogP contribution in [0.5, 0.6) is 0 Å². The van der Waals surface area contributed by atoms with Crippen LogP contribution in [0.4, 0.5) is 0 Å². The Hall–Kier alpha value is -2.26. The van der Waals surface area contributed by atoms with E-state index in [2.05, 4.69) is 29.0 Å². The molecule has 3 aromatic rings. The third-order valence-electron chi connectivity index (χ3n) is 3.71. The van der Waals surface area contributed by atoms with E-state index in [0.29, 0.717) is 0 Å². The van der Waals surface area contributed by atoms with Gasteiger partial charge in [0.25, 0.3) is 0 Å². The molecule has 1 atom stereocenters. The monoisotopic (exact) mass is 263 g/mol. The van der Waals surface area contributed by atoms with Crippen molar-refractivity contribution in [2.45, 2.75) is 19.4 Å². The van der Waals surface area contributed by atoms with Gasteiger partial charge in [0, 0.05) is 30.2 Å². The van der Waals surface area contributed by atoms with Crippen LogP contribution in [-0.4, -0.2) is 9.97 Å². The molecule has 20 heavy (non-hydrogen) atoms. The number of rotatable bonds is 3. The molecule has 3 nitrogen and oxygen atoms in total. The minimum absolute atomic E-state index is 0.152. The van der Waals surface area contributed by atoms with Crippen molar-refractivity contribution in [3.05, 3.63) is 71.8 Å². The Bertz CT molecular complexity index is 732. The van der Waals surface area contributed by atoms with Crippen LogP contribution in [0.25, 0.3) is 10.8 Å². The van der Waals surface area contributed by atoms with E-state index < -0.39 is 0 Å². The summed E-state index contributed by atoms with van der Waals surface area (Å²) < 4.78 is 0. The van der Waals surface area contributed by atoms with Crippen LogP contribution in [0.2, 0.25) is 0 Å². The molecular formula is C17H17N3. The van der Waals surface area contributed by atoms with Gasteiger partial charge in [-0.05, 0) is 40.6 Å². The molecule has 0 bridgehead atoms. The van der Waals surface area contributed by atoms with E-state index in [1.807, 2.05) is 36.8 Å². The summed E-state index contributed by atoms with van der Waals surface area (Å²) in [5.41, 5.74) is 9.94. The number of hydrogen-bond donors (Lipinski definition) is 1. The topological polar surface area (TPSA) is 51.8 Å². The van der Waals surface area contributed by atoms with Gasteiger partial charge >= 0.3 is 0 Å². The SMILES string of the molecule is CCc1cnccc1C(N)c1cccc2ccncc12. The van der Waals surface area contributed by atoms with Gasteiger partial charge in [0.05, 0.1) is 6.04 Å². The number of pyridine rings is 2. The van der Waals surface area contributed by atoms with Crippen molar-refractivity contribution in [3.63, 3.8) is 0 Å². The predicted octanol–water partition coefficient (Wildman–Crippen LogP) is 3.24. The van der Waals surface area contributed by atoms with E-state index >= 15 is 0 Å². The first-order valence-electron chi connectivity index (χ1n) is 6.82. The average molecular weight is 263 g/mol. The second-order valence-corrected chi connectivity index (χ2v) is 4.85. The van der Waals surface area contributed by atoms with Gasteiger partial charge in [-0.1, -0.05) is 25.1 Å². The van der Waals surface area contributed by atoms with Crippen LogP contribution in [0.1, 0.15) is 29.7 Å². The number of benzene rings is 1. The standard InChI is InChI=1S/C17H17N3/c1-2-12-10-19-9-7-14(12)17(18)15-5-3-4-13-6-8-20-11-16(13)15/h3-11,17H,2,18H2,1H3. The molecule has 100 valence electrons. The molecule has 0 amide bonds. The maximum Gasteiger partial charge on any atom is 0.0562 e. The fourth-order valence-corrected chi connectivity index (χ4v) is 2.61. The number of aryl methyl sites for hydroxylation is 1. The Kier molecular flexibility index (Phi) is 3.44. The Morgan fingerprint density at radius 1 is 1.00 bits per heavy atom. The lowest BCUT2D eigenvalue weighted by atomic mass is 9.92. The van der Waals surface area contributed by atoms with Gasteiger partial charge in [0.1, 0.15) is 0 Å². The van der Waals surface area contributed by atoms with E-state index in [0.717, 1.165) is 22.9 Å². The first-order chi connectivity index (χ1) is 9.81. The van der Waals surface area contributed by atoms with Gasteiger partial charge in [-0.2, -0.15) is 0 Å². The molecule has 0 aliphatic heterocycles. The number of hydrogen-bond acceptors (Lipinski definition) is 3. The summed E-state index contributed by atoms with van der Waals surface area (Å²) in [5, 5.41) is 2.28. The lowest BCUT2D eigenvalue weighted by molar-refractivity contribution is 0.850. The molecule has 0 fully saturated rings. The van der Waals surface area contributed by atoms with E-state index in [4.69, 9.17) is 5.73 Å². The molecule has 0 saturated carbocycles. The molecule has 3 heteroatoms. The van der Waals surface area contributed by atoms with Crippen molar-refractivity contribution in [1.29, 1.82) is 0 Å². The molecule has 1 unspecified atom stereocenters. The molecule has 0 saturated heterocycles. The molecule has 2 heterocycles. The fourth-order valence-electron chi connectivity index (χ4n) is 2.61. The van der Waals surface area contributed by atoms with E-state index in [-0.39, 0.29) is 6.04 Å². The minimum atomic E-state index is -0.152. The summed E-state index contributed by atoms with van der Waals surface area (Å²) in [6.07, 6.45) is 8.33. The van der Waals surface area contributed by atoms with E-state index in [1.165, 1.54) is 10.9 Å². The number of nitrogens with zero attached hydrogens (tertiary/aromatic N) is 2. The Morgan fingerprint density at radius 3 is 2.65 bits per heavy atom. The highest BCUT2D eigenvalue weighted by Crippen LogP contribution is 2.28. The molecule has 2 N–H and O–H groups in total. The van der Waals surface area contributed by atoms with Gasteiger partial charge in [0.2, 0.25) is 0 Å². The first kappa shape index (κ1) is 12.8. The Labute approximate surface area is 118 Å². The second-order valence-electron chi connectivity index (χ2n) is 4.85. The maximum absolute atomic E-state index is 6.50. The van der Waals surface area contributed by atoms with Crippen LogP contribution >= 0.6 is 0 Å². The van der Waals surface area contributed by atoms with E-state index in [1.54, 1.807) is 6.20 Å². The van der Waals surface area contributed by atoms with E-state index in [9.17, 15) is 0 Å². The quantitative estimate of drug-likeness (QED) is 0.789. The van der Waals surface area contributed by atoms with Crippen LogP contribution < -0.4 is 5.73 Å². The third kappa shape index (κ3) is 2.17. The first-order valence-corrected chi connectivity index (χ1v) is 6.82. The van der Waals surface area contributed by atoms with Crippen LogP contribution in [0, 0.1) is 0 Å². The Balaban J connectivity index is 2.15. The van der Waals surface area contributed by atoms with Gasteiger partial charge in [-0.25, -0.2) is 0 Å². The molecule has 0 spiro atoms. The molecule has 0 aliphatic rings.